The van der Waals surface area contributed by atoms with Gasteiger partial charge < -0.3 is 15.4 Å². The fourth-order valence-corrected chi connectivity index (χ4v) is 1.36. The van der Waals surface area contributed by atoms with Gasteiger partial charge in [0, 0.05) is 19.1 Å². The molecule has 1 unspecified atom stereocenters. The fraction of sp³-hybridized carbons (Fsp3) is 0.571. The Labute approximate surface area is 64.7 Å². The molecule has 1 aliphatic heterocycles. The number of hydrogen-bond acceptors (Lipinski definition) is 3. The minimum absolute atomic E-state index is 0.242. The van der Waals surface area contributed by atoms with Crippen molar-refractivity contribution in [2.45, 2.75) is 6.42 Å². The molecule has 1 aliphatic rings. The number of H-pyrrole nitrogens is 1. The van der Waals surface area contributed by atoms with Gasteiger partial charge in [-0.15, -0.1) is 0 Å². The average Bonchev–Trinajstić information content (AvgIpc) is 2.50. The first-order valence-corrected chi connectivity index (χ1v) is 3.77. The number of nitrogens with one attached hydrogen (secondary N) is 2. The van der Waals surface area contributed by atoms with Gasteiger partial charge in [0.1, 0.15) is 5.82 Å². The molecule has 60 valence electrons. The molecule has 0 aromatic carbocycles. The number of imidazole rings is 1. The molecule has 1 aromatic heterocycles. The molecule has 1 aromatic rings. The van der Waals surface area contributed by atoms with Crippen molar-refractivity contribution in [2.75, 3.05) is 18.5 Å². The smallest absolute Gasteiger partial charge is 0.147 e. The van der Waals surface area contributed by atoms with Crippen molar-refractivity contribution in [2.24, 2.45) is 5.92 Å². The van der Waals surface area contributed by atoms with E-state index >= 15 is 0 Å². The minimum atomic E-state index is 0.242. The Morgan fingerprint density at radius 3 is 3.45 bits per heavy atom. The van der Waals surface area contributed by atoms with E-state index in [9.17, 15) is 0 Å². The second kappa shape index (κ2) is 2.54. The number of aliphatic hydroxyl groups excluding tert-OH is 1. The summed E-state index contributed by atoms with van der Waals surface area (Å²) in [6.45, 7) is 1.07. The van der Waals surface area contributed by atoms with Gasteiger partial charge in [0.05, 0.1) is 12.0 Å². The quantitative estimate of drug-likeness (QED) is 0.531. The second-order valence-corrected chi connectivity index (χ2v) is 2.86. The van der Waals surface area contributed by atoms with E-state index in [1.165, 1.54) is 0 Å². The second-order valence-electron chi connectivity index (χ2n) is 2.86. The number of hydrogen-bond donors (Lipinski definition) is 3. The molecule has 4 nitrogen and oxygen atoms in total. The van der Waals surface area contributed by atoms with Gasteiger partial charge in [-0.3, -0.25) is 0 Å². The maximum absolute atomic E-state index is 8.88. The summed E-state index contributed by atoms with van der Waals surface area (Å²) in [4.78, 5) is 7.11. The third-order valence-corrected chi connectivity index (χ3v) is 2.03. The van der Waals surface area contributed by atoms with Crippen LogP contribution in [0.15, 0.2) is 6.33 Å². The molecule has 0 amide bonds. The van der Waals surface area contributed by atoms with E-state index in [-0.39, 0.29) is 6.61 Å². The number of rotatable bonds is 1. The third kappa shape index (κ3) is 1.09. The number of aliphatic hydroxyl groups is 1. The highest BCUT2D eigenvalue weighted by molar-refractivity contribution is 5.42. The Morgan fingerprint density at radius 2 is 2.64 bits per heavy atom. The van der Waals surface area contributed by atoms with Crippen molar-refractivity contribution in [3.8, 4) is 0 Å². The first-order chi connectivity index (χ1) is 5.40. The van der Waals surface area contributed by atoms with Crippen LogP contribution in [0.4, 0.5) is 5.82 Å². The Kier molecular flexibility index (Phi) is 1.54. The summed E-state index contributed by atoms with van der Waals surface area (Å²) >= 11 is 0. The number of aromatic amines is 1. The number of anilines is 1. The predicted molar refractivity (Wildman–Crippen MR) is 41.4 cm³/mol. The summed E-state index contributed by atoms with van der Waals surface area (Å²) in [7, 11) is 0. The molecule has 0 spiro atoms. The van der Waals surface area contributed by atoms with E-state index in [0.717, 1.165) is 24.5 Å². The largest absolute Gasteiger partial charge is 0.396 e. The zero-order chi connectivity index (χ0) is 7.68. The molecule has 11 heavy (non-hydrogen) atoms. The molecule has 0 fully saturated rings. The maximum Gasteiger partial charge on any atom is 0.147 e. The highest BCUT2D eigenvalue weighted by Gasteiger charge is 2.18. The molecule has 0 aliphatic carbocycles. The zero-order valence-electron chi connectivity index (χ0n) is 6.17. The molecule has 0 saturated carbocycles. The summed E-state index contributed by atoms with van der Waals surface area (Å²) in [6.07, 6.45) is 2.58. The molecule has 3 N–H and O–H groups in total. The molecule has 2 rings (SSSR count). The van der Waals surface area contributed by atoms with E-state index in [1.807, 2.05) is 0 Å². The van der Waals surface area contributed by atoms with E-state index < -0.39 is 0 Å². The lowest BCUT2D eigenvalue weighted by Gasteiger charge is -2.20. The molecule has 1 atom stereocenters. The van der Waals surface area contributed by atoms with Gasteiger partial charge in [0.25, 0.3) is 0 Å². The average molecular weight is 153 g/mol. The monoisotopic (exact) mass is 153 g/mol. The van der Waals surface area contributed by atoms with Gasteiger partial charge in [-0.25, -0.2) is 4.98 Å². The van der Waals surface area contributed by atoms with Crippen LogP contribution in [0.1, 0.15) is 5.69 Å². The molecular formula is C7H11N3O. The fourth-order valence-electron chi connectivity index (χ4n) is 1.36. The number of aromatic nitrogens is 2. The van der Waals surface area contributed by atoms with Crippen molar-refractivity contribution < 1.29 is 5.11 Å². The third-order valence-electron chi connectivity index (χ3n) is 2.03. The van der Waals surface area contributed by atoms with Crippen LogP contribution >= 0.6 is 0 Å². The zero-order valence-corrected chi connectivity index (χ0v) is 6.17. The van der Waals surface area contributed by atoms with Crippen molar-refractivity contribution in [1.29, 1.82) is 0 Å². The topological polar surface area (TPSA) is 60.9 Å². The highest BCUT2D eigenvalue weighted by atomic mass is 16.3. The van der Waals surface area contributed by atoms with E-state index in [4.69, 9.17) is 5.11 Å². The molecule has 0 bridgehead atoms. The Bertz CT molecular complexity index is 246. The molecule has 4 heteroatoms. The van der Waals surface area contributed by atoms with Crippen LogP contribution in [-0.4, -0.2) is 28.2 Å². The van der Waals surface area contributed by atoms with Gasteiger partial charge in [0.15, 0.2) is 0 Å². The summed E-state index contributed by atoms with van der Waals surface area (Å²) < 4.78 is 0. The van der Waals surface area contributed by atoms with E-state index in [1.54, 1.807) is 6.33 Å². The Hall–Kier alpha value is -1.03. The summed E-state index contributed by atoms with van der Waals surface area (Å²) in [6, 6.07) is 0. The normalized spacial score (nSPS) is 22.5. The van der Waals surface area contributed by atoms with Crippen LogP contribution in [0.2, 0.25) is 0 Å². The summed E-state index contributed by atoms with van der Waals surface area (Å²) in [5.41, 5.74) is 1.11. The maximum atomic E-state index is 8.88. The lowest BCUT2D eigenvalue weighted by atomic mass is 10.0. The number of nitrogens with zero attached hydrogens (tertiary/aromatic N) is 1. The van der Waals surface area contributed by atoms with E-state index in [2.05, 4.69) is 15.3 Å². The van der Waals surface area contributed by atoms with Gasteiger partial charge in [0.2, 0.25) is 0 Å². The standard InChI is InChI=1S/C7H11N3O/c11-3-5-1-6-7(8-2-5)10-4-9-6/h4-5,8,11H,1-3H2,(H,9,10). The number of fused-ring (bicyclic) bond motifs is 1. The molecule has 0 radical (unpaired) electrons. The Morgan fingerprint density at radius 1 is 1.73 bits per heavy atom. The minimum Gasteiger partial charge on any atom is -0.396 e. The molecular weight excluding hydrogens is 142 g/mol. The van der Waals surface area contributed by atoms with Gasteiger partial charge >= 0.3 is 0 Å². The van der Waals surface area contributed by atoms with Crippen LogP contribution in [0.3, 0.4) is 0 Å². The van der Waals surface area contributed by atoms with Crippen LogP contribution in [0, 0.1) is 5.92 Å². The first-order valence-electron chi connectivity index (χ1n) is 3.77. The lowest BCUT2D eigenvalue weighted by molar-refractivity contribution is 0.229. The van der Waals surface area contributed by atoms with Gasteiger partial charge in [-0.05, 0) is 6.42 Å². The van der Waals surface area contributed by atoms with Gasteiger partial charge in [-0.2, -0.15) is 0 Å². The molecule has 0 saturated heterocycles. The molecule has 2 heterocycles. The van der Waals surface area contributed by atoms with Gasteiger partial charge in [-0.1, -0.05) is 0 Å². The first kappa shape index (κ1) is 6.67. The highest BCUT2D eigenvalue weighted by Crippen LogP contribution is 2.19. The van der Waals surface area contributed by atoms with Crippen molar-refractivity contribution in [3.63, 3.8) is 0 Å². The van der Waals surface area contributed by atoms with Crippen LogP contribution in [0.25, 0.3) is 0 Å². The summed E-state index contributed by atoms with van der Waals surface area (Å²) in [5.74, 6) is 1.28. The SMILES string of the molecule is OCC1CNc2nc[nH]c2C1. The van der Waals surface area contributed by atoms with Crippen LogP contribution in [-0.2, 0) is 6.42 Å². The van der Waals surface area contributed by atoms with Crippen molar-refractivity contribution in [3.05, 3.63) is 12.0 Å². The predicted octanol–water partition coefficient (Wildman–Crippen LogP) is -0.0138. The van der Waals surface area contributed by atoms with Crippen LogP contribution in [0.5, 0.6) is 0 Å². The lowest BCUT2D eigenvalue weighted by Crippen LogP contribution is -2.25. The van der Waals surface area contributed by atoms with E-state index in [0.29, 0.717) is 5.92 Å². The van der Waals surface area contributed by atoms with Crippen LogP contribution < -0.4 is 5.32 Å². The van der Waals surface area contributed by atoms with Crippen molar-refractivity contribution in [1.82, 2.24) is 9.97 Å². The van der Waals surface area contributed by atoms with Crippen molar-refractivity contribution >= 4 is 5.82 Å². The Balaban J connectivity index is 2.18. The summed E-state index contributed by atoms with van der Waals surface area (Å²) in [5, 5.41) is 12.0.